The van der Waals surface area contributed by atoms with Crippen molar-refractivity contribution in [2.24, 2.45) is 0 Å². The lowest BCUT2D eigenvalue weighted by Crippen LogP contribution is -2.39. The van der Waals surface area contributed by atoms with Crippen molar-refractivity contribution in [3.63, 3.8) is 0 Å². The molecule has 2 rings (SSSR count). The van der Waals surface area contributed by atoms with Gasteiger partial charge in [0, 0.05) is 6.04 Å². The summed E-state index contributed by atoms with van der Waals surface area (Å²) in [6, 6.07) is 18.7. The van der Waals surface area contributed by atoms with Gasteiger partial charge in [-0.25, -0.2) is 0 Å². The van der Waals surface area contributed by atoms with Gasteiger partial charge in [0.15, 0.2) is 5.11 Å². The summed E-state index contributed by atoms with van der Waals surface area (Å²) in [5, 5.41) is 7.25. The fourth-order valence-corrected chi connectivity index (χ4v) is 3.37. The second-order valence-corrected chi connectivity index (χ2v) is 7.29. The molecule has 134 valence electrons. The Morgan fingerprint density at radius 2 is 1.72 bits per heavy atom. The number of benzene rings is 2. The monoisotopic (exact) mass is 356 g/mol. The second kappa shape index (κ2) is 8.86. The van der Waals surface area contributed by atoms with Crippen LogP contribution in [0.2, 0.25) is 0 Å². The number of para-hydroxylation sites is 2. The molecule has 0 aliphatic carbocycles. The molecule has 0 bridgehead atoms. The quantitative estimate of drug-likeness (QED) is 0.674. The first-order valence-electron chi connectivity index (χ1n) is 8.77. The van der Waals surface area contributed by atoms with Gasteiger partial charge in [0.1, 0.15) is 5.75 Å². The molecule has 0 fully saturated rings. The summed E-state index contributed by atoms with van der Waals surface area (Å²) in [4.78, 5) is 0. The van der Waals surface area contributed by atoms with Crippen molar-refractivity contribution in [1.82, 2.24) is 5.32 Å². The number of nitrogens with one attached hydrogen (secondary N) is 2. The summed E-state index contributed by atoms with van der Waals surface area (Å²) in [6.07, 6.45) is 0.978. The minimum absolute atomic E-state index is 0.0759. The summed E-state index contributed by atoms with van der Waals surface area (Å²) < 4.78 is 5.63. The molecule has 0 aliphatic heterocycles. The van der Waals surface area contributed by atoms with E-state index in [-0.39, 0.29) is 11.5 Å². The maximum absolute atomic E-state index is 5.63. The third-order valence-electron chi connectivity index (χ3n) is 4.18. The first-order valence-corrected chi connectivity index (χ1v) is 9.18. The molecule has 0 aliphatic rings. The Kier molecular flexibility index (Phi) is 6.82. The molecule has 4 heteroatoms. The molecule has 2 N–H and O–H groups in total. The lowest BCUT2D eigenvalue weighted by Gasteiger charge is -2.30. The van der Waals surface area contributed by atoms with Crippen molar-refractivity contribution in [2.75, 3.05) is 11.9 Å². The average Bonchev–Trinajstić information content (AvgIpc) is 2.57. The fraction of sp³-hybridized carbons (Fsp3) is 0.381. The third kappa shape index (κ3) is 5.75. The van der Waals surface area contributed by atoms with Crippen molar-refractivity contribution in [3.8, 4) is 5.75 Å². The molecular weight excluding hydrogens is 328 g/mol. The number of hydrogen-bond donors (Lipinski definition) is 2. The van der Waals surface area contributed by atoms with Gasteiger partial charge >= 0.3 is 0 Å². The van der Waals surface area contributed by atoms with E-state index in [4.69, 9.17) is 17.0 Å². The first-order chi connectivity index (χ1) is 11.9. The molecule has 3 nitrogen and oxygen atoms in total. The fourth-order valence-electron chi connectivity index (χ4n) is 3.06. The molecule has 0 aromatic heterocycles. The highest BCUT2D eigenvalue weighted by Crippen LogP contribution is 2.28. The highest BCUT2D eigenvalue weighted by Gasteiger charge is 2.23. The molecule has 0 saturated carbocycles. The van der Waals surface area contributed by atoms with Gasteiger partial charge in [0.2, 0.25) is 0 Å². The zero-order chi connectivity index (χ0) is 18.3. The smallest absolute Gasteiger partial charge is 0.171 e. The van der Waals surface area contributed by atoms with Crippen LogP contribution in [0.4, 0.5) is 5.69 Å². The third-order valence-corrected chi connectivity index (χ3v) is 4.40. The van der Waals surface area contributed by atoms with Gasteiger partial charge in [0.25, 0.3) is 0 Å². The zero-order valence-electron chi connectivity index (χ0n) is 15.5. The van der Waals surface area contributed by atoms with Crippen LogP contribution in [-0.2, 0) is 5.41 Å². The largest absolute Gasteiger partial charge is 0.492 e. The zero-order valence-corrected chi connectivity index (χ0v) is 16.3. The summed E-state index contributed by atoms with van der Waals surface area (Å²) in [7, 11) is 0. The predicted octanol–water partition coefficient (Wildman–Crippen LogP) is 5.13. The van der Waals surface area contributed by atoms with E-state index < -0.39 is 0 Å². The lowest BCUT2D eigenvalue weighted by molar-refractivity contribution is 0.342. The molecule has 1 atom stereocenters. The van der Waals surface area contributed by atoms with E-state index in [0.717, 1.165) is 17.9 Å². The molecule has 0 radical (unpaired) electrons. The van der Waals surface area contributed by atoms with Crippen molar-refractivity contribution < 1.29 is 4.74 Å². The Labute approximate surface area is 156 Å². The minimum Gasteiger partial charge on any atom is -0.492 e. The van der Waals surface area contributed by atoms with Gasteiger partial charge in [-0.05, 0) is 55.6 Å². The van der Waals surface area contributed by atoms with Crippen LogP contribution in [-0.4, -0.2) is 17.8 Å². The Balaban J connectivity index is 1.94. The average molecular weight is 357 g/mol. The van der Waals surface area contributed by atoms with Crippen LogP contribution in [0.5, 0.6) is 5.75 Å². The van der Waals surface area contributed by atoms with Gasteiger partial charge in [0.05, 0.1) is 12.3 Å². The van der Waals surface area contributed by atoms with E-state index in [9.17, 15) is 0 Å². The van der Waals surface area contributed by atoms with E-state index in [0.29, 0.717) is 11.7 Å². The Bertz CT molecular complexity index is 685. The SMILES string of the molecule is CCOc1ccccc1NC(=S)NC(C)CC(C)(C)c1ccccc1. The molecule has 1 unspecified atom stereocenters. The Morgan fingerprint density at radius 3 is 2.40 bits per heavy atom. The summed E-state index contributed by atoms with van der Waals surface area (Å²) >= 11 is 5.48. The van der Waals surface area contributed by atoms with E-state index in [1.165, 1.54) is 5.56 Å². The molecule has 0 amide bonds. The molecule has 25 heavy (non-hydrogen) atoms. The molecular formula is C21H28N2OS. The summed E-state index contributed by atoms with van der Waals surface area (Å²) in [5.74, 6) is 0.811. The van der Waals surface area contributed by atoms with Gasteiger partial charge in [-0.2, -0.15) is 0 Å². The van der Waals surface area contributed by atoms with E-state index >= 15 is 0 Å². The van der Waals surface area contributed by atoms with Crippen LogP contribution in [0.3, 0.4) is 0 Å². The van der Waals surface area contributed by atoms with Gasteiger partial charge in [-0.15, -0.1) is 0 Å². The van der Waals surface area contributed by atoms with Crippen molar-refractivity contribution in [1.29, 1.82) is 0 Å². The molecule has 0 saturated heterocycles. The van der Waals surface area contributed by atoms with Crippen molar-refractivity contribution in [3.05, 3.63) is 60.2 Å². The van der Waals surface area contributed by atoms with Crippen molar-refractivity contribution >= 4 is 23.0 Å². The predicted molar refractivity (Wildman–Crippen MR) is 111 cm³/mol. The molecule has 2 aromatic rings. The number of hydrogen-bond acceptors (Lipinski definition) is 2. The van der Waals surface area contributed by atoms with Gasteiger partial charge in [-0.3, -0.25) is 0 Å². The van der Waals surface area contributed by atoms with Crippen LogP contribution >= 0.6 is 12.2 Å². The van der Waals surface area contributed by atoms with Crippen LogP contribution < -0.4 is 15.4 Å². The Hall–Kier alpha value is -2.07. The summed E-state index contributed by atoms with van der Waals surface area (Å²) in [6.45, 7) is 9.29. The maximum Gasteiger partial charge on any atom is 0.171 e. The van der Waals surface area contributed by atoms with Crippen LogP contribution in [0.15, 0.2) is 54.6 Å². The topological polar surface area (TPSA) is 33.3 Å². The molecule has 0 spiro atoms. The van der Waals surface area contributed by atoms with Gasteiger partial charge in [-0.1, -0.05) is 56.3 Å². The van der Waals surface area contributed by atoms with E-state index in [1.807, 2.05) is 31.2 Å². The minimum atomic E-state index is 0.0759. The number of rotatable bonds is 7. The van der Waals surface area contributed by atoms with Crippen LogP contribution in [0.1, 0.15) is 39.7 Å². The number of anilines is 1. The highest BCUT2D eigenvalue weighted by molar-refractivity contribution is 7.80. The van der Waals surface area contributed by atoms with Crippen LogP contribution in [0, 0.1) is 0 Å². The van der Waals surface area contributed by atoms with Gasteiger partial charge < -0.3 is 15.4 Å². The number of thiocarbonyl (C=S) groups is 1. The van der Waals surface area contributed by atoms with E-state index in [2.05, 4.69) is 61.7 Å². The van der Waals surface area contributed by atoms with Crippen LogP contribution in [0.25, 0.3) is 0 Å². The Morgan fingerprint density at radius 1 is 1.08 bits per heavy atom. The lowest BCUT2D eigenvalue weighted by atomic mass is 9.79. The van der Waals surface area contributed by atoms with E-state index in [1.54, 1.807) is 0 Å². The summed E-state index contributed by atoms with van der Waals surface area (Å²) in [5.41, 5.74) is 2.30. The standard InChI is InChI=1S/C21H28N2OS/c1-5-24-19-14-10-9-13-18(19)23-20(25)22-16(2)15-21(3,4)17-11-7-6-8-12-17/h6-14,16H,5,15H2,1-4H3,(H2,22,23,25). The first kappa shape index (κ1) is 19.3. The molecule has 2 aromatic carbocycles. The second-order valence-electron chi connectivity index (χ2n) is 6.88. The van der Waals surface area contributed by atoms with Crippen molar-refractivity contribution in [2.45, 2.75) is 45.6 Å². The maximum atomic E-state index is 5.63. The molecule has 0 heterocycles. The normalized spacial score (nSPS) is 12.3. The number of ether oxygens (including phenoxy) is 1. The highest BCUT2D eigenvalue weighted by atomic mass is 32.1.